The summed E-state index contributed by atoms with van der Waals surface area (Å²) in [7, 11) is 0.921. The maximum absolute atomic E-state index is 14.4. The summed E-state index contributed by atoms with van der Waals surface area (Å²) in [5.74, 6) is -9.22. The SMILES string of the molecule is COc1c(F)c(F)cc(C(=O)Nc2ccc([C@@H](O)[C@H](CCn3nnc4ccccc4c3=O)C(=O)O)cc2)c1F. The van der Waals surface area contributed by atoms with Crippen LogP contribution in [0.2, 0.25) is 0 Å². The molecule has 10 nitrogen and oxygen atoms in total. The lowest BCUT2D eigenvalue weighted by Gasteiger charge is -2.20. The number of nitrogens with zero attached hydrogens (tertiary/aromatic N) is 3. The smallest absolute Gasteiger partial charge is 0.309 e. The number of aryl methyl sites for hydroxylation is 1. The number of amides is 1. The molecule has 0 saturated carbocycles. The number of benzene rings is 3. The molecule has 0 unspecified atom stereocenters. The third kappa shape index (κ3) is 5.57. The lowest BCUT2D eigenvalue weighted by molar-refractivity contribution is -0.146. The summed E-state index contributed by atoms with van der Waals surface area (Å²) in [5, 5.41) is 30.8. The van der Waals surface area contributed by atoms with Crippen LogP contribution < -0.4 is 15.6 Å². The summed E-state index contributed by atoms with van der Waals surface area (Å²) >= 11 is 0. The van der Waals surface area contributed by atoms with Crippen molar-refractivity contribution in [3.8, 4) is 5.75 Å². The predicted molar refractivity (Wildman–Crippen MR) is 132 cm³/mol. The number of hydrogen-bond donors (Lipinski definition) is 3. The molecule has 1 heterocycles. The Hall–Kier alpha value is -4.78. The van der Waals surface area contributed by atoms with Gasteiger partial charge in [0.25, 0.3) is 11.5 Å². The van der Waals surface area contributed by atoms with E-state index in [0.717, 1.165) is 11.8 Å². The van der Waals surface area contributed by atoms with Crippen LogP contribution in [0.25, 0.3) is 10.9 Å². The van der Waals surface area contributed by atoms with Gasteiger partial charge in [0.2, 0.25) is 5.82 Å². The van der Waals surface area contributed by atoms with E-state index in [1.165, 1.54) is 24.3 Å². The second-order valence-corrected chi connectivity index (χ2v) is 8.46. The highest BCUT2D eigenvalue weighted by molar-refractivity contribution is 6.04. The highest BCUT2D eigenvalue weighted by Crippen LogP contribution is 2.29. The van der Waals surface area contributed by atoms with Gasteiger partial charge in [-0.1, -0.05) is 29.5 Å². The summed E-state index contributed by atoms with van der Waals surface area (Å²) in [6.45, 7) is -0.123. The number of aliphatic hydroxyl groups is 1. The van der Waals surface area contributed by atoms with Gasteiger partial charge in [-0.15, -0.1) is 5.10 Å². The third-order valence-electron chi connectivity index (χ3n) is 6.05. The van der Waals surface area contributed by atoms with Crippen molar-refractivity contribution in [3.05, 3.63) is 93.5 Å². The summed E-state index contributed by atoms with van der Waals surface area (Å²) in [6.07, 6.45) is -1.65. The first-order chi connectivity index (χ1) is 18.6. The molecule has 39 heavy (non-hydrogen) atoms. The molecule has 0 radical (unpaired) electrons. The minimum absolute atomic E-state index is 0.101. The average Bonchev–Trinajstić information content (AvgIpc) is 2.92. The quantitative estimate of drug-likeness (QED) is 0.274. The van der Waals surface area contributed by atoms with E-state index in [0.29, 0.717) is 17.0 Å². The van der Waals surface area contributed by atoms with Crippen molar-refractivity contribution in [1.82, 2.24) is 15.0 Å². The van der Waals surface area contributed by atoms with Gasteiger partial charge >= 0.3 is 5.97 Å². The van der Waals surface area contributed by atoms with Gasteiger partial charge in [0.1, 0.15) is 5.52 Å². The van der Waals surface area contributed by atoms with Gasteiger partial charge in [0, 0.05) is 12.2 Å². The van der Waals surface area contributed by atoms with E-state index >= 15 is 0 Å². The molecule has 0 bridgehead atoms. The Kier molecular flexibility index (Phi) is 7.91. The number of carbonyl (C=O) groups is 2. The Morgan fingerprint density at radius 3 is 2.44 bits per heavy atom. The number of aliphatic hydroxyl groups excluding tert-OH is 1. The number of ether oxygens (including phenoxy) is 1. The van der Waals surface area contributed by atoms with Crippen molar-refractivity contribution in [3.63, 3.8) is 0 Å². The van der Waals surface area contributed by atoms with Crippen molar-refractivity contribution in [2.24, 2.45) is 5.92 Å². The van der Waals surface area contributed by atoms with Crippen LogP contribution in [0.3, 0.4) is 0 Å². The van der Waals surface area contributed by atoms with Gasteiger partial charge in [-0.05, 0) is 42.3 Å². The molecule has 4 rings (SSSR count). The van der Waals surface area contributed by atoms with Gasteiger partial charge < -0.3 is 20.3 Å². The number of halogens is 3. The summed E-state index contributed by atoms with van der Waals surface area (Å²) in [4.78, 5) is 37.0. The number of carboxylic acids is 1. The van der Waals surface area contributed by atoms with Gasteiger partial charge in [-0.3, -0.25) is 14.4 Å². The lowest BCUT2D eigenvalue weighted by Crippen LogP contribution is -2.29. The first kappa shape index (κ1) is 27.3. The van der Waals surface area contributed by atoms with E-state index in [9.17, 15) is 37.8 Å². The number of nitrogens with one attached hydrogen (secondary N) is 1. The van der Waals surface area contributed by atoms with Crippen molar-refractivity contribution >= 4 is 28.5 Å². The van der Waals surface area contributed by atoms with E-state index in [1.54, 1.807) is 24.3 Å². The average molecular weight is 542 g/mol. The summed E-state index contributed by atoms with van der Waals surface area (Å²) in [5.41, 5.74) is -0.573. The fourth-order valence-corrected chi connectivity index (χ4v) is 3.97. The maximum Gasteiger partial charge on any atom is 0.309 e. The number of carboxylic acid groups (broad SMARTS) is 1. The summed E-state index contributed by atoms with van der Waals surface area (Å²) < 4.78 is 47.3. The molecule has 3 aromatic carbocycles. The lowest BCUT2D eigenvalue weighted by atomic mass is 9.92. The molecule has 0 spiro atoms. The van der Waals surface area contributed by atoms with Crippen LogP contribution >= 0.6 is 0 Å². The fourth-order valence-electron chi connectivity index (χ4n) is 3.97. The van der Waals surface area contributed by atoms with Crippen LogP contribution in [0.15, 0.2) is 59.4 Å². The van der Waals surface area contributed by atoms with Crippen LogP contribution in [-0.2, 0) is 11.3 Å². The highest BCUT2D eigenvalue weighted by Gasteiger charge is 2.28. The molecule has 13 heteroatoms. The van der Waals surface area contributed by atoms with Crippen molar-refractivity contribution in [2.75, 3.05) is 12.4 Å². The number of aromatic nitrogens is 3. The molecule has 0 fully saturated rings. The molecule has 0 aliphatic carbocycles. The number of carbonyl (C=O) groups excluding carboxylic acids is 1. The van der Waals surface area contributed by atoms with Gasteiger partial charge in [-0.2, -0.15) is 4.39 Å². The minimum atomic E-state index is -1.57. The maximum atomic E-state index is 14.4. The van der Waals surface area contributed by atoms with E-state index in [4.69, 9.17) is 0 Å². The first-order valence-electron chi connectivity index (χ1n) is 11.5. The van der Waals surface area contributed by atoms with E-state index in [-0.39, 0.29) is 24.2 Å². The molecular formula is C26H21F3N4O6. The van der Waals surface area contributed by atoms with E-state index in [2.05, 4.69) is 20.4 Å². The number of hydrogen-bond acceptors (Lipinski definition) is 7. The number of anilines is 1. The summed E-state index contributed by atoms with van der Waals surface area (Å²) in [6, 6.07) is 12.2. The molecular weight excluding hydrogens is 521 g/mol. The van der Waals surface area contributed by atoms with Crippen LogP contribution in [0.5, 0.6) is 5.75 Å². The van der Waals surface area contributed by atoms with Crippen molar-refractivity contribution in [2.45, 2.75) is 19.1 Å². The minimum Gasteiger partial charge on any atom is -0.491 e. The molecule has 3 N–H and O–H groups in total. The second-order valence-electron chi connectivity index (χ2n) is 8.46. The highest BCUT2D eigenvalue weighted by atomic mass is 19.2. The molecule has 202 valence electrons. The van der Waals surface area contributed by atoms with Crippen LogP contribution in [0, 0.1) is 23.4 Å². The molecule has 0 saturated heterocycles. The molecule has 1 aromatic heterocycles. The van der Waals surface area contributed by atoms with Gasteiger partial charge in [0.05, 0.1) is 30.1 Å². The first-order valence-corrected chi connectivity index (χ1v) is 11.5. The van der Waals surface area contributed by atoms with Crippen molar-refractivity contribution in [1.29, 1.82) is 0 Å². The third-order valence-corrected chi connectivity index (χ3v) is 6.05. The zero-order valence-corrected chi connectivity index (χ0v) is 20.3. The largest absolute Gasteiger partial charge is 0.491 e. The zero-order chi connectivity index (χ0) is 28.3. The number of rotatable bonds is 9. The Balaban J connectivity index is 1.47. The Labute approximate surface area is 218 Å². The topological polar surface area (TPSA) is 144 Å². The van der Waals surface area contributed by atoms with E-state index in [1.807, 2.05) is 0 Å². The Bertz CT molecular complexity index is 1610. The predicted octanol–water partition coefficient (Wildman–Crippen LogP) is 3.29. The normalized spacial score (nSPS) is 12.6. The number of aliphatic carboxylic acids is 1. The van der Waals surface area contributed by atoms with E-state index < -0.39 is 58.2 Å². The molecule has 0 aliphatic rings. The fraction of sp³-hybridized carbons (Fsp3) is 0.192. The Morgan fingerprint density at radius 1 is 1.08 bits per heavy atom. The molecule has 0 aliphatic heterocycles. The van der Waals surface area contributed by atoms with Crippen molar-refractivity contribution < 1.29 is 37.7 Å². The van der Waals surface area contributed by atoms with Crippen LogP contribution in [0.1, 0.15) is 28.4 Å². The van der Waals surface area contributed by atoms with Gasteiger partial charge in [0.15, 0.2) is 17.4 Å². The Morgan fingerprint density at radius 2 is 1.77 bits per heavy atom. The molecule has 1 amide bonds. The van der Waals surface area contributed by atoms with Crippen LogP contribution in [-0.4, -0.2) is 44.2 Å². The number of fused-ring (bicyclic) bond motifs is 1. The standard InChI is InChI=1S/C26H21F3N4O6/c1-39-23-20(28)17(12-18(27)21(23)29)24(35)30-14-8-6-13(7-9-14)22(34)16(26(37)38)10-11-33-25(36)15-4-2-3-5-19(15)31-32-33/h2-9,12,16,22,34H,10-11H2,1H3,(H,30,35)(H,37,38)/t16-,22+/m0/s1. The molecule has 2 atom stereocenters. The second kappa shape index (κ2) is 11.3. The number of methoxy groups -OCH3 is 1. The van der Waals surface area contributed by atoms with Gasteiger partial charge in [-0.25, -0.2) is 13.5 Å². The zero-order valence-electron chi connectivity index (χ0n) is 20.3. The molecule has 4 aromatic rings. The monoisotopic (exact) mass is 542 g/mol. The van der Waals surface area contributed by atoms with Crippen LogP contribution in [0.4, 0.5) is 18.9 Å².